The van der Waals surface area contributed by atoms with Crippen LogP contribution in [0.15, 0.2) is 16.6 Å². The molecule has 2 rings (SSSR count). The van der Waals surface area contributed by atoms with E-state index in [1.54, 1.807) is 6.07 Å². The number of hydrogen-bond acceptors (Lipinski definition) is 2. The van der Waals surface area contributed by atoms with Gasteiger partial charge in [-0.3, -0.25) is 0 Å². The lowest BCUT2D eigenvalue weighted by Crippen LogP contribution is -2.40. The van der Waals surface area contributed by atoms with E-state index in [-0.39, 0.29) is 10.6 Å². The lowest BCUT2D eigenvalue weighted by Gasteiger charge is -2.38. The second-order valence-electron chi connectivity index (χ2n) is 5.45. The largest absolute Gasteiger partial charge is 0.387 e. The van der Waals surface area contributed by atoms with Crippen LogP contribution in [0.25, 0.3) is 0 Å². The Balaban J connectivity index is 2.29. The fraction of sp³-hybridized carbons (Fsp3) is 0.571. The quantitative estimate of drug-likeness (QED) is 0.783. The second-order valence-corrected chi connectivity index (χ2v) is 6.69. The third-order valence-electron chi connectivity index (χ3n) is 4.01. The average Bonchev–Trinajstić information content (AvgIpc) is 2.39. The minimum Gasteiger partial charge on any atom is -0.387 e. The molecule has 0 saturated heterocycles. The van der Waals surface area contributed by atoms with Gasteiger partial charge in [0.25, 0.3) is 0 Å². The monoisotopic (exact) mass is 350 g/mol. The van der Waals surface area contributed by atoms with Gasteiger partial charge in [-0.2, -0.15) is 0 Å². The summed E-state index contributed by atoms with van der Waals surface area (Å²) in [6.07, 6.45) is 1.37. The first-order valence-electron chi connectivity index (χ1n) is 6.39. The fourth-order valence-electron chi connectivity index (χ4n) is 2.58. The molecule has 5 heteroatoms. The maximum atomic E-state index is 14.1. The van der Waals surface area contributed by atoms with E-state index in [9.17, 15) is 14.6 Å². The zero-order chi connectivity index (χ0) is 14.2. The molecule has 0 amide bonds. The molecule has 1 atom stereocenters. The van der Waals surface area contributed by atoms with Crippen molar-refractivity contribution in [3.63, 3.8) is 0 Å². The smallest absolute Gasteiger partial charge is 0.148 e. The highest BCUT2D eigenvalue weighted by Crippen LogP contribution is 2.42. The normalized spacial score (nSPS) is 29.3. The van der Waals surface area contributed by atoms with Gasteiger partial charge in [0.15, 0.2) is 0 Å². The molecule has 1 unspecified atom stereocenters. The summed E-state index contributed by atoms with van der Waals surface area (Å²) >= 11 is 8.95. The van der Waals surface area contributed by atoms with Crippen molar-refractivity contribution in [2.45, 2.75) is 44.3 Å². The number of rotatable bonds is 2. The Hall–Kier alpha value is -0.160. The minimum absolute atomic E-state index is 0.0604. The summed E-state index contributed by atoms with van der Waals surface area (Å²) in [5.41, 5.74) is -1.20. The van der Waals surface area contributed by atoms with Crippen LogP contribution in [0.1, 0.15) is 44.3 Å². The predicted octanol–water partition coefficient (Wildman–Crippen LogP) is 4.22. The first kappa shape index (κ1) is 15.2. The van der Waals surface area contributed by atoms with Crippen LogP contribution >= 0.6 is 27.5 Å². The molecular formula is C14H17BrClFO2. The van der Waals surface area contributed by atoms with Gasteiger partial charge in [-0.25, -0.2) is 4.39 Å². The molecule has 2 N–H and O–H groups in total. The Bertz CT molecular complexity index is 473. The van der Waals surface area contributed by atoms with E-state index in [1.807, 2.05) is 0 Å². The van der Waals surface area contributed by atoms with Crippen molar-refractivity contribution in [2.75, 3.05) is 0 Å². The number of benzene rings is 1. The van der Waals surface area contributed by atoms with Gasteiger partial charge in [-0.1, -0.05) is 24.6 Å². The number of halogens is 3. The Kier molecular flexibility index (Phi) is 4.56. The lowest BCUT2D eigenvalue weighted by atomic mass is 9.75. The number of hydrogen-bond donors (Lipinski definition) is 2. The van der Waals surface area contributed by atoms with Crippen LogP contribution in [0.2, 0.25) is 5.02 Å². The minimum atomic E-state index is -1.26. The topological polar surface area (TPSA) is 40.5 Å². The maximum absolute atomic E-state index is 14.1. The summed E-state index contributed by atoms with van der Waals surface area (Å²) in [5.74, 6) is -0.138. The first-order chi connectivity index (χ1) is 8.85. The van der Waals surface area contributed by atoms with Crippen LogP contribution in [0.5, 0.6) is 0 Å². The van der Waals surface area contributed by atoms with Crippen LogP contribution in [0, 0.1) is 11.7 Å². The maximum Gasteiger partial charge on any atom is 0.148 e. The summed E-state index contributed by atoms with van der Waals surface area (Å²) < 4.78 is 14.5. The third-order valence-corrected chi connectivity index (χ3v) is 5.27. The van der Waals surface area contributed by atoms with E-state index in [4.69, 9.17) is 11.6 Å². The van der Waals surface area contributed by atoms with Gasteiger partial charge in [-0.15, -0.1) is 0 Å². The van der Waals surface area contributed by atoms with Crippen molar-refractivity contribution in [1.29, 1.82) is 0 Å². The first-order valence-corrected chi connectivity index (χ1v) is 7.56. The van der Waals surface area contributed by atoms with Crippen molar-refractivity contribution in [2.24, 2.45) is 5.92 Å². The molecule has 0 heterocycles. The zero-order valence-corrected chi connectivity index (χ0v) is 13.0. The molecule has 0 aliphatic heterocycles. The summed E-state index contributed by atoms with van der Waals surface area (Å²) in [7, 11) is 0. The standard InChI is InChI=1S/C14H17BrClFO2/c1-8-4-6-14(19,7-5-8)13(18)9-2-3-10(15)11(16)12(9)17/h2-3,8,13,18-19H,4-7H2,1H3. The highest BCUT2D eigenvalue weighted by molar-refractivity contribution is 9.10. The summed E-state index contributed by atoms with van der Waals surface area (Å²) in [6.45, 7) is 2.11. The molecule has 19 heavy (non-hydrogen) atoms. The number of aliphatic hydroxyl groups excluding tert-OH is 1. The molecule has 1 aliphatic rings. The Labute approximate surface area is 125 Å². The molecule has 106 valence electrons. The van der Waals surface area contributed by atoms with Crippen LogP contribution < -0.4 is 0 Å². The van der Waals surface area contributed by atoms with Crippen molar-refractivity contribution in [3.8, 4) is 0 Å². The molecule has 2 nitrogen and oxygen atoms in total. The molecule has 1 aromatic rings. The van der Waals surface area contributed by atoms with Crippen LogP contribution in [-0.2, 0) is 0 Å². The van der Waals surface area contributed by atoms with Crippen molar-refractivity contribution in [1.82, 2.24) is 0 Å². The van der Waals surface area contributed by atoms with E-state index in [0.29, 0.717) is 23.2 Å². The van der Waals surface area contributed by atoms with Gasteiger partial charge in [0, 0.05) is 10.0 Å². The SMILES string of the molecule is CC1CCC(O)(C(O)c2ccc(Br)c(Cl)c2F)CC1. The molecule has 1 saturated carbocycles. The summed E-state index contributed by atoms with van der Waals surface area (Å²) in [4.78, 5) is 0. The highest BCUT2D eigenvalue weighted by Gasteiger charge is 2.40. The van der Waals surface area contributed by atoms with Crippen molar-refractivity contribution >= 4 is 27.5 Å². The van der Waals surface area contributed by atoms with E-state index < -0.39 is 17.5 Å². The van der Waals surface area contributed by atoms with Gasteiger partial charge >= 0.3 is 0 Å². The van der Waals surface area contributed by atoms with Gasteiger partial charge in [-0.05, 0) is 53.6 Å². The van der Waals surface area contributed by atoms with Crippen LogP contribution in [0.4, 0.5) is 4.39 Å². The summed E-state index contributed by atoms with van der Waals surface area (Å²) in [5, 5.41) is 20.8. The van der Waals surface area contributed by atoms with E-state index >= 15 is 0 Å². The highest BCUT2D eigenvalue weighted by atomic mass is 79.9. The molecule has 0 aromatic heterocycles. The zero-order valence-electron chi connectivity index (χ0n) is 10.7. The van der Waals surface area contributed by atoms with E-state index in [1.165, 1.54) is 6.07 Å². The molecule has 0 bridgehead atoms. The summed E-state index contributed by atoms with van der Waals surface area (Å²) in [6, 6.07) is 3.05. The van der Waals surface area contributed by atoms with E-state index in [2.05, 4.69) is 22.9 Å². The van der Waals surface area contributed by atoms with Crippen LogP contribution in [-0.4, -0.2) is 15.8 Å². The van der Waals surface area contributed by atoms with Gasteiger partial charge < -0.3 is 10.2 Å². The fourth-order valence-corrected chi connectivity index (χ4v) is 3.06. The van der Waals surface area contributed by atoms with Gasteiger partial charge in [0.2, 0.25) is 0 Å². The molecule has 1 aliphatic carbocycles. The van der Waals surface area contributed by atoms with Crippen LogP contribution in [0.3, 0.4) is 0 Å². The molecule has 0 spiro atoms. The Morgan fingerprint density at radius 3 is 2.58 bits per heavy atom. The molecule has 0 radical (unpaired) electrons. The lowest BCUT2D eigenvalue weighted by molar-refractivity contribution is -0.106. The van der Waals surface area contributed by atoms with Crippen molar-refractivity contribution in [3.05, 3.63) is 33.0 Å². The Morgan fingerprint density at radius 2 is 2.00 bits per heavy atom. The second kappa shape index (κ2) is 5.68. The number of aliphatic hydroxyl groups is 2. The van der Waals surface area contributed by atoms with E-state index in [0.717, 1.165) is 12.8 Å². The third kappa shape index (κ3) is 2.97. The van der Waals surface area contributed by atoms with Gasteiger partial charge in [0.1, 0.15) is 11.9 Å². The van der Waals surface area contributed by atoms with Crippen molar-refractivity contribution < 1.29 is 14.6 Å². The van der Waals surface area contributed by atoms with Gasteiger partial charge in [0.05, 0.1) is 10.6 Å². The Morgan fingerprint density at radius 1 is 1.42 bits per heavy atom. The molecule has 1 aromatic carbocycles. The predicted molar refractivity (Wildman–Crippen MR) is 76.7 cm³/mol. The molecule has 1 fully saturated rings. The molecular weight excluding hydrogens is 335 g/mol. The average molecular weight is 352 g/mol.